The van der Waals surface area contributed by atoms with Crippen LogP contribution < -0.4 is 15.5 Å². The second-order valence-electron chi connectivity index (χ2n) is 12.8. The zero-order valence-electron chi connectivity index (χ0n) is 31.1. The maximum Gasteiger partial charge on any atom is 0.230 e. The fraction of sp³-hybridized carbons (Fsp3) is 0.550. The lowest BCUT2D eigenvalue weighted by molar-refractivity contribution is -0.519. The van der Waals surface area contributed by atoms with Gasteiger partial charge in [0.25, 0.3) is 0 Å². The Balaban J connectivity index is 2.23. The fourth-order valence-corrected chi connectivity index (χ4v) is 7.15. The largest absolute Gasteiger partial charge is 0.506 e. The summed E-state index contributed by atoms with van der Waals surface area (Å²) in [4.78, 5) is 43.9. The van der Waals surface area contributed by atoms with Crippen LogP contribution in [0.4, 0.5) is 11.4 Å². The van der Waals surface area contributed by atoms with Crippen molar-refractivity contribution in [3.05, 3.63) is 64.6 Å². The third-order valence-corrected chi connectivity index (χ3v) is 11.3. The van der Waals surface area contributed by atoms with E-state index in [0.717, 1.165) is 37.6 Å². The van der Waals surface area contributed by atoms with Crippen LogP contribution >= 0.6 is 0 Å². The minimum absolute atomic E-state index is 0.0905. The van der Waals surface area contributed by atoms with Crippen LogP contribution in [0.5, 0.6) is 0 Å². The first-order valence-corrected chi connectivity index (χ1v) is 18.2. The highest BCUT2D eigenvalue weighted by Crippen LogP contribution is 2.44. The standard InChI is InChI=1S/C40H58N4O4/c1-11-39(12-2,13-3)37(47)41-31-25-27(43(17-7)18-8)21-23-29(31)33-35(45)34(36(33)46)30-24-22-28(44(19-9)20-10)26-32(30)42-38(48)40(14-4,15-5)16-6/h21-26H,11-20H2,1-10H3,(H2,41,42,45,46,47,48)/p+1. The SMILES string of the molecule is CCN(CC)c1ccc(C2=C(O)/C(=C3/C=CC(=[N+](CC)CC)C=C3NC(=O)C(CC)(CC)CC)C2=O)c(NC(=O)C(CC)(CC)CC)c1. The molecular formula is C40H59N4O4+. The van der Waals surface area contributed by atoms with Crippen molar-refractivity contribution in [3.8, 4) is 0 Å². The van der Waals surface area contributed by atoms with Crippen molar-refractivity contribution in [1.82, 2.24) is 5.32 Å². The first-order valence-electron chi connectivity index (χ1n) is 18.2. The highest BCUT2D eigenvalue weighted by atomic mass is 16.3. The number of nitrogens with one attached hydrogen (secondary N) is 2. The molecule has 3 N–H and O–H groups in total. The summed E-state index contributed by atoms with van der Waals surface area (Å²) in [5, 5.41) is 18.0. The van der Waals surface area contributed by atoms with Gasteiger partial charge in [-0.1, -0.05) is 41.5 Å². The predicted octanol–water partition coefficient (Wildman–Crippen LogP) is 8.12. The Morgan fingerprint density at radius 3 is 1.73 bits per heavy atom. The van der Waals surface area contributed by atoms with Crippen LogP contribution in [0.25, 0.3) is 5.57 Å². The second kappa shape index (κ2) is 16.4. The van der Waals surface area contributed by atoms with E-state index in [4.69, 9.17) is 0 Å². The third-order valence-electron chi connectivity index (χ3n) is 11.3. The molecule has 0 heterocycles. The van der Waals surface area contributed by atoms with E-state index in [1.165, 1.54) is 0 Å². The van der Waals surface area contributed by atoms with Crippen molar-refractivity contribution in [2.24, 2.45) is 10.8 Å². The molecule has 0 atom stereocenters. The van der Waals surface area contributed by atoms with E-state index in [1.54, 1.807) is 0 Å². The van der Waals surface area contributed by atoms with E-state index in [0.29, 0.717) is 61.0 Å². The summed E-state index contributed by atoms with van der Waals surface area (Å²) < 4.78 is 2.18. The van der Waals surface area contributed by atoms with Crippen LogP contribution in [0.15, 0.2) is 59.0 Å². The predicted molar refractivity (Wildman–Crippen MR) is 199 cm³/mol. The molecule has 0 saturated heterocycles. The number of aliphatic hydroxyl groups excluding tert-OH is 1. The van der Waals surface area contributed by atoms with Gasteiger partial charge in [0.15, 0.2) is 0 Å². The Kier molecular flexibility index (Phi) is 13.2. The van der Waals surface area contributed by atoms with Gasteiger partial charge in [-0.3, -0.25) is 14.4 Å². The number of rotatable bonds is 16. The Morgan fingerprint density at radius 2 is 1.27 bits per heavy atom. The van der Waals surface area contributed by atoms with Crippen molar-refractivity contribution in [2.75, 3.05) is 36.4 Å². The summed E-state index contributed by atoms with van der Waals surface area (Å²) in [6, 6.07) is 5.65. The van der Waals surface area contributed by atoms with Crippen molar-refractivity contribution in [2.45, 2.75) is 108 Å². The highest BCUT2D eigenvalue weighted by Gasteiger charge is 2.41. The first-order chi connectivity index (χ1) is 22.9. The number of carbonyl (C=O) groups is 3. The zero-order chi connectivity index (χ0) is 35.8. The summed E-state index contributed by atoms with van der Waals surface area (Å²) in [5.41, 5.74) is 3.07. The summed E-state index contributed by atoms with van der Waals surface area (Å²) in [7, 11) is 0. The Labute approximate surface area is 288 Å². The average molecular weight is 660 g/mol. The van der Waals surface area contributed by atoms with Crippen molar-refractivity contribution in [3.63, 3.8) is 0 Å². The summed E-state index contributed by atoms with van der Waals surface area (Å²) in [5.74, 6) is -0.651. The normalized spacial score (nSPS) is 16.5. The number of Topliss-reactive ketones (excluding diaryl/α,β-unsaturated/α-hetero) is 1. The molecule has 0 saturated carbocycles. The Hall–Kier alpha value is -3.94. The molecule has 1 aromatic carbocycles. The molecule has 8 heteroatoms. The molecule has 2 aliphatic carbocycles. The van der Waals surface area contributed by atoms with Gasteiger partial charge in [-0.2, -0.15) is 0 Å². The number of hydrogen-bond acceptors (Lipinski definition) is 5. The van der Waals surface area contributed by atoms with Crippen molar-refractivity contribution >= 4 is 40.3 Å². The smallest absolute Gasteiger partial charge is 0.230 e. The highest BCUT2D eigenvalue weighted by molar-refractivity contribution is 6.40. The quantitative estimate of drug-likeness (QED) is 0.123. The van der Waals surface area contributed by atoms with Gasteiger partial charge >= 0.3 is 0 Å². The minimum atomic E-state index is -0.537. The van der Waals surface area contributed by atoms with E-state index >= 15 is 0 Å². The fourth-order valence-electron chi connectivity index (χ4n) is 7.15. The topological polar surface area (TPSA) is 102 Å². The summed E-state index contributed by atoms with van der Waals surface area (Å²) in [6.45, 7) is 23.6. The van der Waals surface area contributed by atoms with Gasteiger partial charge in [0.1, 0.15) is 18.8 Å². The van der Waals surface area contributed by atoms with Crippen molar-refractivity contribution < 1.29 is 24.1 Å². The van der Waals surface area contributed by atoms with Crippen LogP contribution in [0.2, 0.25) is 0 Å². The lowest BCUT2D eigenvalue weighted by Gasteiger charge is -2.32. The van der Waals surface area contributed by atoms with E-state index in [-0.39, 0.29) is 34.5 Å². The molecule has 3 rings (SSSR count). The van der Waals surface area contributed by atoms with Gasteiger partial charge in [-0.25, -0.2) is 4.58 Å². The molecule has 0 fully saturated rings. The maximum atomic E-state index is 14.1. The van der Waals surface area contributed by atoms with Crippen LogP contribution in [0, 0.1) is 10.8 Å². The number of ketones is 1. The van der Waals surface area contributed by atoms with Crippen LogP contribution in [0.3, 0.4) is 0 Å². The van der Waals surface area contributed by atoms with Gasteiger partial charge in [0.05, 0.1) is 22.5 Å². The van der Waals surface area contributed by atoms with Crippen LogP contribution in [-0.2, 0) is 14.4 Å². The Bertz CT molecular complexity index is 1520. The molecule has 2 amide bonds. The second-order valence-corrected chi connectivity index (χ2v) is 12.8. The average Bonchev–Trinajstić information content (AvgIpc) is 3.10. The number of nitrogens with zero attached hydrogens (tertiary/aromatic N) is 2. The lowest BCUT2D eigenvalue weighted by Crippen LogP contribution is -2.41. The maximum absolute atomic E-state index is 14.1. The lowest BCUT2D eigenvalue weighted by atomic mass is 9.77. The monoisotopic (exact) mass is 659 g/mol. The molecule has 1 aromatic rings. The minimum Gasteiger partial charge on any atom is -0.506 e. The van der Waals surface area contributed by atoms with E-state index in [2.05, 4.69) is 47.8 Å². The van der Waals surface area contributed by atoms with Gasteiger partial charge in [-0.15, -0.1) is 0 Å². The van der Waals surface area contributed by atoms with E-state index in [1.807, 2.05) is 78.0 Å². The number of carbonyl (C=O) groups excluding carboxylic acids is 3. The molecule has 0 aromatic heterocycles. The van der Waals surface area contributed by atoms with Crippen molar-refractivity contribution in [1.29, 1.82) is 0 Å². The molecular weight excluding hydrogens is 600 g/mol. The number of anilines is 2. The molecule has 2 aliphatic rings. The molecule has 262 valence electrons. The summed E-state index contributed by atoms with van der Waals surface area (Å²) in [6.07, 6.45) is 9.79. The molecule has 8 nitrogen and oxygen atoms in total. The number of aliphatic hydroxyl groups is 1. The molecule has 48 heavy (non-hydrogen) atoms. The first kappa shape index (κ1) is 38.5. The number of allylic oxidation sites excluding steroid dienone is 5. The van der Waals surface area contributed by atoms with Gasteiger partial charge in [0, 0.05) is 52.9 Å². The van der Waals surface area contributed by atoms with E-state index in [9.17, 15) is 19.5 Å². The Morgan fingerprint density at radius 1 is 0.750 bits per heavy atom. The number of hydrogen-bond donors (Lipinski definition) is 3. The molecule has 0 aliphatic heterocycles. The molecule has 0 bridgehead atoms. The zero-order valence-corrected chi connectivity index (χ0v) is 31.1. The number of benzene rings is 1. The van der Waals surface area contributed by atoms with Crippen LogP contribution in [-0.4, -0.2) is 59.2 Å². The van der Waals surface area contributed by atoms with E-state index < -0.39 is 10.8 Å². The molecule has 0 spiro atoms. The third kappa shape index (κ3) is 7.08. The van der Waals surface area contributed by atoms with Crippen LogP contribution in [0.1, 0.15) is 113 Å². The van der Waals surface area contributed by atoms with Gasteiger partial charge < -0.3 is 20.6 Å². The van der Waals surface area contributed by atoms with Gasteiger partial charge in [0.2, 0.25) is 23.3 Å². The summed E-state index contributed by atoms with van der Waals surface area (Å²) >= 11 is 0. The molecule has 0 unspecified atom stereocenters. The van der Waals surface area contributed by atoms with Gasteiger partial charge in [-0.05, 0) is 90.5 Å². The number of amides is 2. The molecule has 0 radical (unpaired) electrons.